The van der Waals surface area contributed by atoms with Crippen molar-refractivity contribution in [1.82, 2.24) is 5.32 Å². The van der Waals surface area contributed by atoms with Gasteiger partial charge in [0.1, 0.15) is 5.60 Å². The number of benzene rings is 1. The molecule has 0 saturated heterocycles. The molecule has 21 heavy (non-hydrogen) atoms. The zero-order chi connectivity index (χ0) is 16.0. The van der Waals surface area contributed by atoms with E-state index in [2.05, 4.69) is 5.32 Å². The molecule has 0 aliphatic carbocycles. The molecule has 1 aromatic rings. The standard InChI is InChI=1S/C16H20ClNO3/c1-11(19)13-10-12(7-8-14(13)17)6-5-9-18-15(20)21-16(2,3)4/h5-8,10H,9H2,1-4H3,(H,18,20). The van der Waals surface area contributed by atoms with Crippen LogP contribution < -0.4 is 5.32 Å². The maximum atomic E-state index is 11.4. The average Bonchev–Trinajstić information content (AvgIpc) is 2.34. The molecule has 0 unspecified atom stereocenters. The lowest BCUT2D eigenvalue weighted by molar-refractivity contribution is 0.0534. The zero-order valence-corrected chi connectivity index (χ0v) is 13.5. The summed E-state index contributed by atoms with van der Waals surface area (Å²) in [6.45, 7) is 7.23. The fraction of sp³-hybridized carbons (Fsp3) is 0.375. The van der Waals surface area contributed by atoms with Crippen molar-refractivity contribution < 1.29 is 14.3 Å². The van der Waals surface area contributed by atoms with E-state index in [0.29, 0.717) is 17.1 Å². The highest BCUT2D eigenvalue weighted by molar-refractivity contribution is 6.33. The smallest absolute Gasteiger partial charge is 0.407 e. The number of amides is 1. The summed E-state index contributed by atoms with van der Waals surface area (Å²) < 4.78 is 5.11. The molecule has 114 valence electrons. The van der Waals surface area contributed by atoms with E-state index in [9.17, 15) is 9.59 Å². The molecular formula is C16H20ClNO3. The van der Waals surface area contributed by atoms with Crippen LogP contribution in [0, 0.1) is 0 Å². The van der Waals surface area contributed by atoms with Crippen molar-refractivity contribution in [2.24, 2.45) is 0 Å². The number of nitrogens with one attached hydrogen (secondary N) is 1. The van der Waals surface area contributed by atoms with Gasteiger partial charge in [-0.15, -0.1) is 0 Å². The Balaban J connectivity index is 2.56. The molecule has 0 aliphatic heterocycles. The van der Waals surface area contributed by atoms with Gasteiger partial charge < -0.3 is 10.1 Å². The summed E-state index contributed by atoms with van der Waals surface area (Å²) in [5.74, 6) is -0.0814. The van der Waals surface area contributed by atoms with Gasteiger partial charge in [0.15, 0.2) is 5.78 Å². The number of Topliss-reactive ketones (excluding diaryl/α,β-unsaturated/α-hetero) is 1. The fourth-order valence-electron chi connectivity index (χ4n) is 1.57. The summed E-state index contributed by atoms with van der Waals surface area (Å²) in [6, 6.07) is 5.20. The van der Waals surface area contributed by atoms with Gasteiger partial charge in [0.2, 0.25) is 0 Å². The number of halogens is 1. The molecule has 1 rings (SSSR count). The van der Waals surface area contributed by atoms with Gasteiger partial charge in [-0.25, -0.2) is 4.79 Å². The highest BCUT2D eigenvalue weighted by Crippen LogP contribution is 2.18. The van der Waals surface area contributed by atoms with Crippen LogP contribution in [-0.2, 0) is 4.74 Å². The number of alkyl carbamates (subject to hydrolysis) is 1. The van der Waals surface area contributed by atoms with Crippen LogP contribution in [0.2, 0.25) is 5.02 Å². The topological polar surface area (TPSA) is 55.4 Å². The highest BCUT2D eigenvalue weighted by atomic mass is 35.5. The van der Waals surface area contributed by atoms with Crippen LogP contribution in [-0.4, -0.2) is 24.0 Å². The van der Waals surface area contributed by atoms with Crippen molar-refractivity contribution in [2.75, 3.05) is 6.54 Å². The fourth-order valence-corrected chi connectivity index (χ4v) is 1.82. The van der Waals surface area contributed by atoms with E-state index in [1.165, 1.54) is 6.92 Å². The quantitative estimate of drug-likeness (QED) is 0.853. The molecule has 1 amide bonds. The molecule has 0 atom stereocenters. The molecule has 4 nitrogen and oxygen atoms in total. The summed E-state index contributed by atoms with van der Waals surface area (Å²) in [4.78, 5) is 22.8. The molecule has 1 aromatic carbocycles. The van der Waals surface area contributed by atoms with Gasteiger partial charge in [-0.1, -0.05) is 29.8 Å². The number of hydrogen-bond donors (Lipinski definition) is 1. The largest absolute Gasteiger partial charge is 0.444 e. The Kier molecular flexibility index (Phi) is 5.97. The first-order chi connectivity index (χ1) is 9.69. The zero-order valence-electron chi connectivity index (χ0n) is 12.7. The second-order valence-corrected chi connectivity index (χ2v) is 5.99. The Bertz CT molecular complexity index is 559. The second kappa shape index (κ2) is 7.27. The van der Waals surface area contributed by atoms with Gasteiger partial charge in [0.05, 0.1) is 5.02 Å². The number of carbonyl (C=O) groups excluding carboxylic acids is 2. The SMILES string of the molecule is CC(=O)c1cc(C=CCNC(=O)OC(C)(C)C)ccc1Cl. The summed E-state index contributed by atoms with van der Waals surface area (Å²) in [5.41, 5.74) is 0.815. The van der Waals surface area contributed by atoms with Crippen molar-refractivity contribution >= 4 is 29.6 Å². The Hall–Kier alpha value is -1.81. The van der Waals surface area contributed by atoms with E-state index in [1.54, 1.807) is 51.1 Å². The van der Waals surface area contributed by atoms with E-state index in [1.807, 2.05) is 0 Å². The Morgan fingerprint density at radius 2 is 2.00 bits per heavy atom. The summed E-state index contributed by atoms with van der Waals surface area (Å²) in [5, 5.41) is 3.05. The predicted molar refractivity (Wildman–Crippen MR) is 84.7 cm³/mol. The average molecular weight is 310 g/mol. The number of carbonyl (C=O) groups is 2. The second-order valence-electron chi connectivity index (χ2n) is 5.58. The van der Waals surface area contributed by atoms with Gasteiger partial charge in [0.25, 0.3) is 0 Å². The van der Waals surface area contributed by atoms with Crippen molar-refractivity contribution in [3.05, 3.63) is 40.4 Å². The third kappa shape index (κ3) is 6.45. The lowest BCUT2D eigenvalue weighted by atomic mass is 10.1. The van der Waals surface area contributed by atoms with E-state index in [0.717, 1.165) is 5.56 Å². The maximum Gasteiger partial charge on any atom is 0.407 e. The first kappa shape index (κ1) is 17.2. The van der Waals surface area contributed by atoms with Crippen molar-refractivity contribution in [3.8, 4) is 0 Å². The number of rotatable bonds is 4. The Labute approximate surface area is 130 Å². The Morgan fingerprint density at radius 3 is 2.57 bits per heavy atom. The highest BCUT2D eigenvalue weighted by Gasteiger charge is 2.14. The molecule has 0 aromatic heterocycles. The third-order valence-corrected chi connectivity index (χ3v) is 2.77. The van der Waals surface area contributed by atoms with Crippen LogP contribution >= 0.6 is 11.6 Å². The molecule has 0 radical (unpaired) electrons. The van der Waals surface area contributed by atoms with Crippen molar-refractivity contribution in [1.29, 1.82) is 0 Å². The minimum absolute atomic E-state index is 0.0814. The third-order valence-electron chi connectivity index (χ3n) is 2.44. The van der Waals surface area contributed by atoms with Gasteiger partial charge in [-0.2, -0.15) is 0 Å². The molecule has 0 aliphatic rings. The van der Waals surface area contributed by atoms with Crippen LogP contribution in [0.1, 0.15) is 43.6 Å². The first-order valence-corrected chi connectivity index (χ1v) is 7.01. The van der Waals surface area contributed by atoms with E-state index < -0.39 is 11.7 Å². The van der Waals surface area contributed by atoms with Gasteiger partial charge in [-0.05, 0) is 45.4 Å². The van der Waals surface area contributed by atoms with E-state index in [-0.39, 0.29) is 5.78 Å². The monoisotopic (exact) mass is 309 g/mol. The summed E-state index contributed by atoms with van der Waals surface area (Å²) in [7, 11) is 0. The number of hydrogen-bond acceptors (Lipinski definition) is 3. The number of ketones is 1. The van der Waals surface area contributed by atoms with Gasteiger partial charge in [-0.3, -0.25) is 4.79 Å². The summed E-state index contributed by atoms with van der Waals surface area (Å²) >= 11 is 5.94. The molecule has 0 fully saturated rings. The van der Waals surface area contributed by atoms with Crippen LogP contribution in [0.4, 0.5) is 4.79 Å². The predicted octanol–water partition coefficient (Wildman–Crippen LogP) is 4.08. The van der Waals surface area contributed by atoms with Crippen LogP contribution in [0.3, 0.4) is 0 Å². The molecule has 0 spiro atoms. The lowest BCUT2D eigenvalue weighted by Gasteiger charge is -2.19. The lowest BCUT2D eigenvalue weighted by Crippen LogP contribution is -2.32. The Morgan fingerprint density at radius 1 is 1.33 bits per heavy atom. The van der Waals surface area contributed by atoms with E-state index in [4.69, 9.17) is 16.3 Å². The number of ether oxygens (including phenoxy) is 1. The molecule has 0 bridgehead atoms. The van der Waals surface area contributed by atoms with Crippen molar-refractivity contribution in [2.45, 2.75) is 33.3 Å². The molecular weight excluding hydrogens is 290 g/mol. The van der Waals surface area contributed by atoms with Crippen LogP contribution in [0.25, 0.3) is 6.08 Å². The van der Waals surface area contributed by atoms with E-state index >= 15 is 0 Å². The molecule has 0 saturated carbocycles. The van der Waals surface area contributed by atoms with Gasteiger partial charge in [0, 0.05) is 12.1 Å². The molecule has 5 heteroatoms. The summed E-state index contributed by atoms with van der Waals surface area (Å²) in [6.07, 6.45) is 3.12. The molecule has 1 N–H and O–H groups in total. The normalized spacial score (nSPS) is 11.5. The van der Waals surface area contributed by atoms with Crippen LogP contribution in [0.15, 0.2) is 24.3 Å². The molecule has 0 heterocycles. The van der Waals surface area contributed by atoms with Crippen LogP contribution in [0.5, 0.6) is 0 Å². The minimum atomic E-state index is -0.514. The maximum absolute atomic E-state index is 11.4. The van der Waals surface area contributed by atoms with Crippen molar-refractivity contribution in [3.63, 3.8) is 0 Å². The minimum Gasteiger partial charge on any atom is -0.444 e. The van der Waals surface area contributed by atoms with Gasteiger partial charge >= 0.3 is 6.09 Å². The first-order valence-electron chi connectivity index (χ1n) is 6.63.